The Kier molecular flexibility index (Phi) is 5.97. The van der Waals surface area contributed by atoms with E-state index in [4.69, 9.17) is 0 Å². The van der Waals surface area contributed by atoms with E-state index < -0.39 is 4.92 Å². The second kappa shape index (κ2) is 8.42. The standard InChI is InChI=1S/C22H27N3O3/c1-15(2)18-6-4-5-7-19(18)23-22(26)17-8-9-20(21(14-17)25(27)28)24-12-10-16(3)11-13-24/h4-9,14-16H,10-13H2,1-3H3,(H,23,26). The lowest BCUT2D eigenvalue weighted by atomic mass is 9.98. The molecule has 2 aromatic carbocycles. The Bertz CT molecular complexity index is 871. The number of benzene rings is 2. The van der Waals surface area contributed by atoms with E-state index in [1.165, 1.54) is 6.07 Å². The monoisotopic (exact) mass is 381 g/mol. The SMILES string of the molecule is CC1CCN(c2ccc(C(=O)Nc3ccccc3C(C)C)cc2[N+](=O)[O-])CC1. The molecule has 1 heterocycles. The van der Waals surface area contributed by atoms with Crippen molar-refractivity contribution in [2.45, 2.75) is 39.5 Å². The normalized spacial score (nSPS) is 14.9. The van der Waals surface area contributed by atoms with E-state index >= 15 is 0 Å². The smallest absolute Gasteiger partial charge is 0.293 e. The van der Waals surface area contributed by atoms with Crippen molar-refractivity contribution in [2.75, 3.05) is 23.3 Å². The van der Waals surface area contributed by atoms with Crippen LogP contribution < -0.4 is 10.2 Å². The number of amides is 1. The maximum atomic E-state index is 12.7. The number of anilines is 2. The predicted molar refractivity (Wildman–Crippen MR) is 112 cm³/mol. The van der Waals surface area contributed by atoms with Gasteiger partial charge < -0.3 is 10.2 Å². The van der Waals surface area contributed by atoms with Crippen LogP contribution in [0.4, 0.5) is 17.1 Å². The molecule has 1 amide bonds. The highest BCUT2D eigenvalue weighted by Crippen LogP contribution is 2.33. The first kappa shape index (κ1) is 19.9. The van der Waals surface area contributed by atoms with Gasteiger partial charge in [0.1, 0.15) is 5.69 Å². The van der Waals surface area contributed by atoms with E-state index in [1.807, 2.05) is 29.2 Å². The van der Waals surface area contributed by atoms with E-state index in [2.05, 4.69) is 26.1 Å². The third kappa shape index (κ3) is 4.32. The number of nitrogens with one attached hydrogen (secondary N) is 1. The van der Waals surface area contributed by atoms with Crippen LogP contribution in [-0.4, -0.2) is 23.9 Å². The second-order valence-corrected chi connectivity index (χ2v) is 7.83. The minimum Gasteiger partial charge on any atom is -0.366 e. The minimum atomic E-state index is -0.397. The maximum Gasteiger partial charge on any atom is 0.293 e. The molecule has 0 atom stereocenters. The summed E-state index contributed by atoms with van der Waals surface area (Å²) in [5, 5.41) is 14.6. The molecule has 1 fully saturated rings. The zero-order chi connectivity index (χ0) is 20.3. The summed E-state index contributed by atoms with van der Waals surface area (Å²) < 4.78 is 0. The van der Waals surface area contributed by atoms with E-state index in [1.54, 1.807) is 12.1 Å². The van der Waals surface area contributed by atoms with Gasteiger partial charge >= 0.3 is 0 Å². The largest absolute Gasteiger partial charge is 0.366 e. The zero-order valence-electron chi connectivity index (χ0n) is 16.6. The van der Waals surface area contributed by atoms with Gasteiger partial charge in [-0.25, -0.2) is 0 Å². The average molecular weight is 381 g/mol. The Morgan fingerprint density at radius 3 is 2.50 bits per heavy atom. The summed E-state index contributed by atoms with van der Waals surface area (Å²) in [5.41, 5.74) is 2.64. The molecular weight excluding hydrogens is 354 g/mol. The lowest BCUT2D eigenvalue weighted by Gasteiger charge is -2.31. The number of piperidine rings is 1. The fraction of sp³-hybridized carbons (Fsp3) is 0.409. The number of nitro groups is 1. The molecule has 0 radical (unpaired) electrons. The van der Waals surface area contributed by atoms with Crippen LogP contribution in [0.2, 0.25) is 0 Å². The first-order valence-corrected chi connectivity index (χ1v) is 9.80. The summed E-state index contributed by atoms with van der Waals surface area (Å²) in [5.74, 6) is 0.561. The number of para-hydroxylation sites is 1. The van der Waals surface area contributed by atoms with E-state index in [-0.39, 0.29) is 17.5 Å². The molecule has 0 spiro atoms. The number of carbonyl (C=O) groups is 1. The summed E-state index contributed by atoms with van der Waals surface area (Å²) in [6.45, 7) is 7.92. The molecule has 0 bridgehead atoms. The summed E-state index contributed by atoms with van der Waals surface area (Å²) in [4.78, 5) is 26.1. The molecule has 0 aliphatic carbocycles. The zero-order valence-corrected chi connectivity index (χ0v) is 16.6. The number of hydrogen-bond donors (Lipinski definition) is 1. The van der Waals surface area contributed by atoms with Gasteiger partial charge in [0.05, 0.1) is 4.92 Å². The number of nitrogens with zero attached hydrogens (tertiary/aromatic N) is 2. The third-order valence-corrected chi connectivity index (χ3v) is 5.39. The quantitative estimate of drug-likeness (QED) is 0.570. The van der Waals surface area contributed by atoms with Crippen LogP contribution >= 0.6 is 0 Å². The number of nitro benzene ring substituents is 1. The third-order valence-electron chi connectivity index (χ3n) is 5.39. The molecule has 1 aliphatic rings. The molecule has 0 saturated carbocycles. The first-order chi connectivity index (χ1) is 13.4. The number of hydrogen-bond acceptors (Lipinski definition) is 4. The minimum absolute atomic E-state index is 0.0145. The Balaban J connectivity index is 1.86. The summed E-state index contributed by atoms with van der Waals surface area (Å²) >= 11 is 0. The molecule has 2 aromatic rings. The fourth-order valence-electron chi connectivity index (χ4n) is 3.64. The lowest BCUT2D eigenvalue weighted by Crippen LogP contribution is -2.33. The predicted octanol–water partition coefficient (Wildman–Crippen LogP) is 5.21. The summed E-state index contributed by atoms with van der Waals surface area (Å²) in [6, 6.07) is 12.4. The van der Waals surface area contributed by atoms with Crippen LogP contribution in [0.3, 0.4) is 0 Å². The van der Waals surface area contributed by atoms with Crippen molar-refractivity contribution < 1.29 is 9.72 Å². The molecule has 28 heavy (non-hydrogen) atoms. The van der Waals surface area contributed by atoms with Gasteiger partial charge in [0.15, 0.2) is 0 Å². The van der Waals surface area contributed by atoms with Gasteiger partial charge in [-0.3, -0.25) is 14.9 Å². The number of rotatable bonds is 5. The Hall–Kier alpha value is -2.89. The average Bonchev–Trinajstić information content (AvgIpc) is 2.68. The van der Waals surface area contributed by atoms with Crippen LogP contribution in [0.25, 0.3) is 0 Å². The molecular formula is C22H27N3O3. The van der Waals surface area contributed by atoms with Gasteiger partial charge in [-0.2, -0.15) is 0 Å². The topological polar surface area (TPSA) is 75.5 Å². The van der Waals surface area contributed by atoms with Crippen molar-refractivity contribution in [3.63, 3.8) is 0 Å². The lowest BCUT2D eigenvalue weighted by molar-refractivity contribution is -0.384. The maximum absolute atomic E-state index is 12.7. The fourth-order valence-corrected chi connectivity index (χ4v) is 3.64. The van der Waals surface area contributed by atoms with Crippen molar-refractivity contribution in [3.05, 3.63) is 63.7 Å². The van der Waals surface area contributed by atoms with Gasteiger partial charge in [-0.15, -0.1) is 0 Å². The molecule has 0 aromatic heterocycles. The van der Waals surface area contributed by atoms with Crippen LogP contribution in [0.1, 0.15) is 55.5 Å². The van der Waals surface area contributed by atoms with Crippen molar-refractivity contribution in [2.24, 2.45) is 5.92 Å². The van der Waals surface area contributed by atoms with Gasteiger partial charge in [-0.1, -0.05) is 39.0 Å². The van der Waals surface area contributed by atoms with Gasteiger partial charge in [0, 0.05) is 30.4 Å². The van der Waals surface area contributed by atoms with Gasteiger partial charge in [0.25, 0.3) is 11.6 Å². The van der Waals surface area contributed by atoms with E-state index in [9.17, 15) is 14.9 Å². The Morgan fingerprint density at radius 1 is 1.18 bits per heavy atom. The van der Waals surface area contributed by atoms with Crippen LogP contribution in [0.5, 0.6) is 0 Å². The van der Waals surface area contributed by atoms with Crippen molar-refractivity contribution in [1.82, 2.24) is 0 Å². The highest BCUT2D eigenvalue weighted by atomic mass is 16.6. The molecule has 1 aliphatic heterocycles. The first-order valence-electron chi connectivity index (χ1n) is 9.80. The highest BCUT2D eigenvalue weighted by Gasteiger charge is 2.25. The van der Waals surface area contributed by atoms with E-state index in [0.717, 1.165) is 37.2 Å². The second-order valence-electron chi connectivity index (χ2n) is 7.83. The van der Waals surface area contributed by atoms with Crippen LogP contribution in [-0.2, 0) is 0 Å². The van der Waals surface area contributed by atoms with Crippen molar-refractivity contribution in [1.29, 1.82) is 0 Å². The molecule has 6 heteroatoms. The van der Waals surface area contributed by atoms with Gasteiger partial charge in [-0.05, 0) is 48.4 Å². The Labute approximate surface area is 165 Å². The summed E-state index contributed by atoms with van der Waals surface area (Å²) in [7, 11) is 0. The molecule has 6 nitrogen and oxygen atoms in total. The molecule has 3 rings (SSSR count). The van der Waals surface area contributed by atoms with E-state index in [0.29, 0.717) is 17.2 Å². The molecule has 1 saturated heterocycles. The van der Waals surface area contributed by atoms with Crippen LogP contribution in [0.15, 0.2) is 42.5 Å². The molecule has 0 unspecified atom stereocenters. The van der Waals surface area contributed by atoms with Crippen LogP contribution in [0, 0.1) is 16.0 Å². The highest BCUT2D eigenvalue weighted by molar-refractivity contribution is 6.05. The molecule has 1 N–H and O–H groups in total. The summed E-state index contributed by atoms with van der Waals surface area (Å²) in [6.07, 6.45) is 2.04. The molecule has 148 valence electrons. The van der Waals surface area contributed by atoms with Crippen molar-refractivity contribution >= 4 is 23.0 Å². The number of carbonyl (C=O) groups excluding carboxylic acids is 1. The Morgan fingerprint density at radius 2 is 1.86 bits per heavy atom. The van der Waals surface area contributed by atoms with Gasteiger partial charge in [0.2, 0.25) is 0 Å². The van der Waals surface area contributed by atoms with Crippen molar-refractivity contribution in [3.8, 4) is 0 Å².